The molecule has 0 aromatic carbocycles. The van der Waals surface area contributed by atoms with Gasteiger partial charge in [-0.3, -0.25) is 9.97 Å². The normalized spacial score (nSPS) is 10.1. The second-order valence-corrected chi connectivity index (χ2v) is 3.36. The SMILES string of the molecule is Cc1ccc(Cc2cccnc2)nc1. The average Bonchev–Trinajstić information content (AvgIpc) is 2.23. The van der Waals surface area contributed by atoms with Crippen LogP contribution >= 0.6 is 0 Å². The lowest BCUT2D eigenvalue weighted by molar-refractivity contribution is 1.05. The first-order valence-corrected chi connectivity index (χ1v) is 4.65. The quantitative estimate of drug-likeness (QED) is 0.716. The van der Waals surface area contributed by atoms with Gasteiger partial charge in [-0.15, -0.1) is 0 Å². The molecule has 0 spiro atoms. The fraction of sp³-hybridized carbons (Fsp3) is 0.167. The Labute approximate surface area is 83.7 Å². The van der Waals surface area contributed by atoms with Crippen LogP contribution in [0.1, 0.15) is 16.8 Å². The third-order valence-electron chi connectivity index (χ3n) is 2.08. The Morgan fingerprint density at radius 3 is 2.71 bits per heavy atom. The summed E-state index contributed by atoms with van der Waals surface area (Å²) >= 11 is 0. The molecule has 0 aliphatic heterocycles. The van der Waals surface area contributed by atoms with Crippen molar-refractivity contribution >= 4 is 0 Å². The first kappa shape index (κ1) is 8.88. The fourth-order valence-electron chi connectivity index (χ4n) is 1.31. The van der Waals surface area contributed by atoms with E-state index in [2.05, 4.69) is 28.2 Å². The van der Waals surface area contributed by atoms with Gasteiger partial charge in [0.2, 0.25) is 0 Å². The zero-order valence-corrected chi connectivity index (χ0v) is 8.14. The summed E-state index contributed by atoms with van der Waals surface area (Å²) in [6.45, 7) is 2.04. The van der Waals surface area contributed by atoms with Crippen molar-refractivity contribution in [2.75, 3.05) is 0 Å². The summed E-state index contributed by atoms with van der Waals surface area (Å²) < 4.78 is 0. The predicted molar refractivity (Wildman–Crippen MR) is 56.0 cm³/mol. The van der Waals surface area contributed by atoms with Gasteiger partial charge < -0.3 is 0 Å². The lowest BCUT2D eigenvalue weighted by Crippen LogP contribution is -1.92. The van der Waals surface area contributed by atoms with Gasteiger partial charge in [0.1, 0.15) is 0 Å². The molecule has 2 aromatic heterocycles. The standard InChI is InChI=1S/C12H12N2/c1-10-4-5-12(14-8-10)7-11-3-2-6-13-9-11/h2-6,8-9H,7H2,1H3. The van der Waals surface area contributed by atoms with E-state index in [-0.39, 0.29) is 0 Å². The molecule has 2 rings (SSSR count). The molecule has 0 atom stereocenters. The number of nitrogens with zero attached hydrogens (tertiary/aromatic N) is 2. The fourth-order valence-corrected chi connectivity index (χ4v) is 1.31. The van der Waals surface area contributed by atoms with Crippen molar-refractivity contribution in [3.63, 3.8) is 0 Å². The highest BCUT2D eigenvalue weighted by atomic mass is 14.7. The minimum Gasteiger partial charge on any atom is -0.264 e. The van der Waals surface area contributed by atoms with E-state index in [9.17, 15) is 0 Å². The molecule has 70 valence electrons. The molecular formula is C12H12N2. The molecule has 2 heteroatoms. The van der Waals surface area contributed by atoms with Crippen molar-refractivity contribution in [1.29, 1.82) is 0 Å². The summed E-state index contributed by atoms with van der Waals surface area (Å²) in [7, 11) is 0. The Hall–Kier alpha value is -1.70. The van der Waals surface area contributed by atoms with E-state index >= 15 is 0 Å². The van der Waals surface area contributed by atoms with Gasteiger partial charge in [-0.05, 0) is 30.2 Å². The van der Waals surface area contributed by atoms with Crippen LogP contribution in [0.3, 0.4) is 0 Å². The van der Waals surface area contributed by atoms with Crippen LogP contribution < -0.4 is 0 Å². The largest absolute Gasteiger partial charge is 0.264 e. The molecule has 0 aliphatic carbocycles. The molecule has 0 bridgehead atoms. The van der Waals surface area contributed by atoms with Gasteiger partial charge >= 0.3 is 0 Å². The number of hydrogen-bond donors (Lipinski definition) is 0. The van der Waals surface area contributed by atoms with Gasteiger partial charge in [0, 0.05) is 30.7 Å². The topological polar surface area (TPSA) is 25.8 Å². The van der Waals surface area contributed by atoms with Crippen LogP contribution in [0.25, 0.3) is 0 Å². The maximum absolute atomic E-state index is 4.35. The molecule has 0 N–H and O–H groups in total. The minimum absolute atomic E-state index is 0.855. The Bertz CT molecular complexity index is 392. The van der Waals surface area contributed by atoms with Crippen molar-refractivity contribution in [3.8, 4) is 0 Å². The third-order valence-corrected chi connectivity index (χ3v) is 2.08. The van der Waals surface area contributed by atoms with E-state index in [1.165, 1.54) is 11.1 Å². The summed E-state index contributed by atoms with van der Waals surface area (Å²) in [5.41, 5.74) is 3.48. The van der Waals surface area contributed by atoms with Gasteiger partial charge in [0.25, 0.3) is 0 Å². The van der Waals surface area contributed by atoms with Crippen molar-refractivity contribution in [1.82, 2.24) is 9.97 Å². The highest BCUT2D eigenvalue weighted by Gasteiger charge is 1.96. The minimum atomic E-state index is 0.855. The average molecular weight is 184 g/mol. The molecule has 0 fully saturated rings. The summed E-state index contributed by atoms with van der Waals surface area (Å²) in [4.78, 5) is 8.42. The van der Waals surface area contributed by atoms with E-state index in [1.54, 1.807) is 6.20 Å². The third kappa shape index (κ3) is 2.16. The van der Waals surface area contributed by atoms with Crippen LogP contribution in [0.15, 0.2) is 42.9 Å². The Morgan fingerprint density at radius 2 is 2.07 bits per heavy atom. The van der Waals surface area contributed by atoms with E-state index in [0.717, 1.165) is 12.1 Å². The van der Waals surface area contributed by atoms with Crippen molar-refractivity contribution in [2.45, 2.75) is 13.3 Å². The van der Waals surface area contributed by atoms with E-state index in [4.69, 9.17) is 0 Å². The van der Waals surface area contributed by atoms with Crippen molar-refractivity contribution in [3.05, 3.63) is 59.7 Å². The van der Waals surface area contributed by atoms with Crippen LogP contribution in [-0.4, -0.2) is 9.97 Å². The molecule has 2 aromatic rings. The number of hydrogen-bond acceptors (Lipinski definition) is 2. The summed E-state index contributed by atoms with van der Waals surface area (Å²) in [6.07, 6.45) is 6.41. The summed E-state index contributed by atoms with van der Waals surface area (Å²) in [5, 5.41) is 0. The number of rotatable bonds is 2. The number of aryl methyl sites for hydroxylation is 1. The number of pyridine rings is 2. The maximum Gasteiger partial charge on any atom is 0.0448 e. The van der Waals surface area contributed by atoms with Gasteiger partial charge in [-0.1, -0.05) is 12.1 Å². The van der Waals surface area contributed by atoms with Gasteiger partial charge in [0.05, 0.1) is 0 Å². The smallest absolute Gasteiger partial charge is 0.0448 e. The second-order valence-electron chi connectivity index (χ2n) is 3.36. The molecule has 0 saturated heterocycles. The molecule has 0 radical (unpaired) electrons. The van der Waals surface area contributed by atoms with Gasteiger partial charge in [-0.2, -0.15) is 0 Å². The monoisotopic (exact) mass is 184 g/mol. The lowest BCUT2D eigenvalue weighted by Gasteiger charge is -2.00. The zero-order chi connectivity index (χ0) is 9.80. The summed E-state index contributed by atoms with van der Waals surface area (Å²) in [5.74, 6) is 0. The zero-order valence-electron chi connectivity index (χ0n) is 8.14. The van der Waals surface area contributed by atoms with E-state index in [1.807, 2.05) is 25.4 Å². The molecule has 14 heavy (non-hydrogen) atoms. The second kappa shape index (κ2) is 4.01. The Kier molecular flexibility index (Phi) is 2.54. The molecular weight excluding hydrogens is 172 g/mol. The van der Waals surface area contributed by atoms with Crippen molar-refractivity contribution in [2.24, 2.45) is 0 Å². The predicted octanol–water partition coefficient (Wildman–Crippen LogP) is 2.38. The van der Waals surface area contributed by atoms with Crippen LogP contribution in [0.4, 0.5) is 0 Å². The van der Waals surface area contributed by atoms with Gasteiger partial charge in [-0.25, -0.2) is 0 Å². The highest BCUT2D eigenvalue weighted by molar-refractivity contribution is 5.20. The highest BCUT2D eigenvalue weighted by Crippen LogP contribution is 2.05. The molecule has 2 heterocycles. The maximum atomic E-state index is 4.35. The van der Waals surface area contributed by atoms with Crippen molar-refractivity contribution < 1.29 is 0 Å². The van der Waals surface area contributed by atoms with E-state index < -0.39 is 0 Å². The number of aromatic nitrogens is 2. The summed E-state index contributed by atoms with van der Waals surface area (Å²) in [6, 6.07) is 8.15. The Morgan fingerprint density at radius 1 is 1.14 bits per heavy atom. The van der Waals surface area contributed by atoms with E-state index in [0.29, 0.717) is 0 Å². The first-order chi connectivity index (χ1) is 6.84. The van der Waals surface area contributed by atoms with Gasteiger partial charge in [0.15, 0.2) is 0 Å². The lowest BCUT2D eigenvalue weighted by atomic mass is 10.1. The molecule has 2 nitrogen and oxygen atoms in total. The molecule has 0 saturated carbocycles. The molecule has 0 unspecified atom stereocenters. The first-order valence-electron chi connectivity index (χ1n) is 4.65. The van der Waals surface area contributed by atoms with Crippen LogP contribution in [-0.2, 0) is 6.42 Å². The van der Waals surface area contributed by atoms with Crippen LogP contribution in [0, 0.1) is 6.92 Å². The Balaban J connectivity index is 2.16. The molecule has 0 amide bonds. The van der Waals surface area contributed by atoms with Crippen LogP contribution in [0.2, 0.25) is 0 Å². The molecule has 0 aliphatic rings. The van der Waals surface area contributed by atoms with Crippen LogP contribution in [0.5, 0.6) is 0 Å².